The molecule has 2 N–H and O–H groups in total. The van der Waals surface area contributed by atoms with E-state index < -0.39 is 0 Å². The van der Waals surface area contributed by atoms with Crippen molar-refractivity contribution in [2.45, 2.75) is 13.5 Å². The summed E-state index contributed by atoms with van der Waals surface area (Å²) in [5, 5.41) is 11.2. The topological polar surface area (TPSA) is 41.9 Å². The average molecular weight is 401 g/mol. The van der Waals surface area contributed by atoms with Crippen LogP contribution in [0.5, 0.6) is 0 Å². The summed E-state index contributed by atoms with van der Waals surface area (Å²) >= 11 is 8.79. The molecule has 2 aromatic carbocycles. The molecule has 0 aliphatic rings. The number of benzene rings is 2. The largest absolute Gasteiger partial charge is 0.332 e. The molecule has 0 fully saturated rings. The lowest BCUT2D eigenvalue weighted by molar-refractivity contribution is 0.687. The maximum Gasteiger partial charge on any atom is 0.175 e. The van der Waals surface area contributed by atoms with E-state index in [9.17, 15) is 0 Å². The minimum absolute atomic E-state index is 0.545. The Morgan fingerprint density at radius 2 is 1.88 bits per heavy atom. The molecule has 3 aromatic rings. The van der Waals surface area contributed by atoms with Gasteiger partial charge >= 0.3 is 0 Å². The normalized spacial score (nSPS) is 10.4. The molecule has 122 valence electrons. The summed E-state index contributed by atoms with van der Waals surface area (Å²) in [6, 6.07) is 16.3. The van der Waals surface area contributed by atoms with E-state index in [0.29, 0.717) is 11.7 Å². The first-order valence-electron chi connectivity index (χ1n) is 7.50. The van der Waals surface area contributed by atoms with Crippen LogP contribution < -0.4 is 10.6 Å². The third-order valence-electron chi connectivity index (χ3n) is 3.42. The predicted octanol–water partition coefficient (Wildman–Crippen LogP) is 4.81. The molecule has 0 saturated heterocycles. The standard InChI is InChI=1S/C18H17BrN4S/c1-13-3-2-4-16(9-13)21-18(24)22-17-10-20-23(12-17)11-14-5-7-15(19)8-6-14/h2-10,12H,11H2,1H3,(H2,21,22,24). The summed E-state index contributed by atoms with van der Waals surface area (Å²) in [6.45, 7) is 2.76. The third-order valence-corrected chi connectivity index (χ3v) is 4.16. The Kier molecular flexibility index (Phi) is 5.27. The summed E-state index contributed by atoms with van der Waals surface area (Å²) in [5.74, 6) is 0. The molecule has 0 amide bonds. The second-order valence-electron chi connectivity index (χ2n) is 5.50. The van der Waals surface area contributed by atoms with Crippen LogP contribution in [0.25, 0.3) is 0 Å². The monoisotopic (exact) mass is 400 g/mol. The second-order valence-corrected chi connectivity index (χ2v) is 6.83. The Bertz CT molecular complexity index is 842. The number of aromatic nitrogens is 2. The minimum atomic E-state index is 0.545. The van der Waals surface area contributed by atoms with E-state index in [1.54, 1.807) is 6.20 Å². The van der Waals surface area contributed by atoms with Crippen LogP contribution in [0.1, 0.15) is 11.1 Å². The highest BCUT2D eigenvalue weighted by Gasteiger charge is 2.03. The Hall–Kier alpha value is -2.18. The zero-order valence-corrected chi connectivity index (χ0v) is 15.6. The van der Waals surface area contributed by atoms with Gasteiger partial charge in [0.1, 0.15) is 0 Å². The highest BCUT2D eigenvalue weighted by molar-refractivity contribution is 9.10. The number of aryl methyl sites for hydroxylation is 1. The number of nitrogens with zero attached hydrogens (tertiary/aromatic N) is 2. The van der Waals surface area contributed by atoms with Crippen molar-refractivity contribution in [1.29, 1.82) is 0 Å². The van der Waals surface area contributed by atoms with Crippen molar-refractivity contribution in [1.82, 2.24) is 9.78 Å². The number of rotatable bonds is 4. The summed E-state index contributed by atoms with van der Waals surface area (Å²) in [6.07, 6.45) is 3.70. The van der Waals surface area contributed by atoms with E-state index in [0.717, 1.165) is 15.8 Å². The highest BCUT2D eigenvalue weighted by atomic mass is 79.9. The number of hydrogen-bond donors (Lipinski definition) is 2. The molecule has 0 spiro atoms. The predicted molar refractivity (Wildman–Crippen MR) is 106 cm³/mol. The van der Waals surface area contributed by atoms with E-state index in [4.69, 9.17) is 12.2 Å². The van der Waals surface area contributed by atoms with Crippen LogP contribution in [0.3, 0.4) is 0 Å². The van der Waals surface area contributed by atoms with E-state index in [1.165, 1.54) is 11.1 Å². The zero-order valence-electron chi connectivity index (χ0n) is 13.2. The van der Waals surface area contributed by atoms with Gasteiger partial charge in [-0.25, -0.2) is 0 Å². The molecular weight excluding hydrogens is 384 g/mol. The van der Waals surface area contributed by atoms with E-state index in [2.05, 4.69) is 43.8 Å². The van der Waals surface area contributed by atoms with Crippen molar-refractivity contribution in [2.24, 2.45) is 0 Å². The molecule has 1 aromatic heterocycles. The van der Waals surface area contributed by atoms with Gasteiger partial charge in [0.25, 0.3) is 0 Å². The third kappa shape index (κ3) is 4.66. The van der Waals surface area contributed by atoms with Gasteiger partial charge in [0.2, 0.25) is 0 Å². The molecule has 0 radical (unpaired) electrons. The van der Waals surface area contributed by atoms with E-state index in [1.807, 2.05) is 54.2 Å². The van der Waals surface area contributed by atoms with Crippen LogP contribution in [0.2, 0.25) is 0 Å². The van der Waals surface area contributed by atoms with Crippen molar-refractivity contribution in [3.05, 3.63) is 76.5 Å². The van der Waals surface area contributed by atoms with Crippen molar-refractivity contribution >= 4 is 44.6 Å². The summed E-state index contributed by atoms with van der Waals surface area (Å²) < 4.78 is 2.95. The lowest BCUT2D eigenvalue weighted by Gasteiger charge is -2.09. The number of halogens is 1. The Labute approximate surface area is 155 Å². The Balaban J connectivity index is 1.59. The van der Waals surface area contributed by atoms with Crippen molar-refractivity contribution < 1.29 is 0 Å². The van der Waals surface area contributed by atoms with Crippen LogP contribution in [0.4, 0.5) is 11.4 Å². The minimum Gasteiger partial charge on any atom is -0.332 e. The highest BCUT2D eigenvalue weighted by Crippen LogP contribution is 2.14. The molecule has 4 nitrogen and oxygen atoms in total. The molecule has 1 heterocycles. The summed E-state index contributed by atoms with van der Waals surface area (Å²) in [5.41, 5.74) is 4.20. The van der Waals surface area contributed by atoms with Gasteiger partial charge in [-0.2, -0.15) is 5.10 Å². The van der Waals surface area contributed by atoms with Gasteiger partial charge < -0.3 is 10.6 Å². The molecule has 6 heteroatoms. The fraction of sp³-hybridized carbons (Fsp3) is 0.111. The number of nitrogens with one attached hydrogen (secondary N) is 2. The van der Waals surface area contributed by atoms with Crippen LogP contribution in [0, 0.1) is 6.92 Å². The van der Waals surface area contributed by atoms with Crippen LogP contribution >= 0.6 is 28.1 Å². The van der Waals surface area contributed by atoms with Gasteiger partial charge in [-0.3, -0.25) is 4.68 Å². The Morgan fingerprint density at radius 1 is 1.12 bits per heavy atom. The van der Waals surface area contributed by atoms with Crippen LogP contribution in [-0.2, 0) is 6.54 Å². The quantitative estimate of drug-likeness (QED) is 0.616. The van der Waals surface area contributed by atoms with E-state index >= 15 is 0 Å². The average Bonchev–Trinajstić information content (AvgIpc) is 2.96. The molecule has 24 heavy (non-hydrogen) atoms. The fourth-order valence-electron chi connectivity index (χ4n) is 2.31. The van der Waals surface area contributed by atoms with E-state index in [-0.39, 0.29) is 0 Å². The molecule has 0 atom stereocenters. The molecule has 0 aliphatic carbocycles. The number of anilines is 2. The second kappa shape index (κ2) is 7.59. The van der Waals surface area contributed by atoms with Crippen molar-refractivity contribution in [3.8, 4) is 0 Å². The fourth-order valence-corrected chi connectivity index (χ4v) is 2.81. The molecule has 3 rings (SSSR count). The molecular formula is C18H17BrN4S. The lowest BCUT2D eigenvalue weighted by atomic mass is 10.2. The van der Waals surface area contributed by atoms with Gasteiger partial charge in [-0.15, -0.1) is 0 Å². The first kappa shape index (κ1) is 16.7. The van der Waals surface area contributed by atoms with Crippen molar-refractivity contribution in [3.63, 3.8) is 0 Å². The van der Waals surface area contributed by atoms with Gasteiger partial charge in [0.15, 0.2) is 5.11 Å². The van der Waals surface area contributed by atoms with Gasteiger partial charge in [0, 0.05) is 16.4 Å². The first-order valence-corrected chi connectivity index (χ1v) is 8.70. The van der Waals surface area contributed by atoms with Crippen LogP contribution in [0.15, 0.2) is 65.4 Å². The lowest BCUT2D eigenvalue weighted by Crippen LogP contribution is -2.18. The number of hydrogen-bond acceptors (Lipinski definition) is 2. The summed E-state index contributed by atoms with van der Waals surface area (Å²) in [7, 11) is 0. The summed E-state index contributed by atoms with van der Waals surface area (Å²) in [4.78, 5) is 0. The molecule has 0 saturated carbocycles. The van der Waals surface area contributed by atoms with Gasteiger partial charge in [-0.1, -0.05) is 40.2 Å². The van der Waals surface area contributed by atoms with Gasteiger partial charge in [0.05, 0.1) is 18.4 Å². The Morgan fingerprint density at radius 3 is 2.62 bits per heavy atom. The number of thiocarbonyl (C=S) groups is 1. The zero-order chi connectivity index (χ0) is 16.9. The maximum absolute atomic E-state index is 5.35. The molecule has 0 aliphatic heterocycles. The smallest absolute Gasteiger partial charge is 0.175 e. The van der Waals surface area contributed by atoms with Crippen LogP contribution in [-0.4, -0.2) is 14.9 Å². The first-order chi connectivity index (χ1) is 11.6. The maximum atomic E-state index is 5.35. The molecule has 0 unspecified atom stereocenters. The molecule has 0 bridgehead atoms. The van der Waals surface area contributed by atoms with Crippen molar-refractivity contribution in [2.75, 3.05) is 10.6 Å². The van der Waals surface area contributed by atoms with Gasteiger partial charge in [-0.05, 0) is 54.5 Å². The SMILES string of the molecule is Cc1cccc(NC(=S)Nc2cnn(Cc3ccc(Br)cc3)c2)c1.